The van der Waals surface area contributed by atoms with Crippen molar-refractivity contribution in [3.8, 4) is 44.5 Å². The molecule has 2 heteroatoms. The molecule has 0 saturated heterocycles. The summed E-state index contributed by atoms with van der Waals surface area (Å²) >= 11 is 1.92. The van der Waals surface area contributed by atoms with Crippen molar-refractivity contribution in [2.75, 3.05) is 4.90 Å². The molecule has 10 aromatic rings. The van der Waals surface area contributed by atoms with Crippen LogP contribution in [0, 0.1) is 0 Å². The maximum atomic E-state index is 2.44. The van der Waals surface area contributed by atoms with E-state index < -0.39 is 0 Å². The first-order chi connectivity index (χ1) is 29.3. The average Bonchev–Trinajstić information content (AvgIpc) is 3.87. The Kier molecular flexibility index (Phi) is 7.56. The maximum Gasteiger partial charge on any atom is 0.0465 e. The molecule has 1 heterocycles. The number of fused-ring (bicyclic) bond motifs is 11. The zero-order valence-electron chi connectivity index (χ0n) is 34.3. The summed E-state index contributed by atoms with van der Waals surface area (Å²) in [6.45, 7) is 9.48. The first-order valence-corrected chi connectivity index (χ1v) is 21.9. The van der Waals surface area contributed by atoms with Crippen molar-refractivity contribution in [1.82, 2.24) is 0 Å². The minimum atomic E-state index is -0.104. The van der Waals surface area contributed by atoms with Crippen LogP contribution in [-0.4, -0.2) is 0 Å². The van der Waals surface area contributed by atoms with Gasteiger partial charge in [0.1, 0.15) is 0 Å². The molecular formula is C58H43NS. The molecular weight excluding hydrogens is 743 g/mol. The highest BCUT2D eigenvalue weighted by Crippen LogP contribution is 2.53. The lowest BCUT2D eigenvalue weighted by Crippen LogP contribution is -2.16. The lowest BCUT2D eigenvalue weighted by atomic mass is 9.79. The molecule has 2 aliphatic rings. The molecule has 0 spiro atoms. The van der Waals surface area contributed by atoms with E-state index in [9.17, 15) is 0 Å². The van der Waals surface area contributed by atoms with E-state index >= 15 is 0 Å². The van der Waals surface area contributed by atoms with Crippen molar-refractivity contribution in [1.29, 1.82) is 0 Å². The molecule has 0 atom stereocenters. The van der Waals surface area contributed by atoms with Gasteiger partial charge in [-0.3, -0.25) is 0 Å². The number of rotatable bonds is 5. The van der Waals surface area contributed by atoms with Crippen LogP contribution in [0.2, 0.25) is 0 Å². The van der Waals surface area contributed by atoms with Gasteiger partial charge in [-0.05, 0) is 114 Å². The first-order valence-electron chi connectivity index (χ1n) is 21.1. The second kappa shape index (κ2) is 12.9. The Morgan fingerprint density at radius 2 is 0.867 bits per heavy atom. The zero-order valence-corrected chi connectivity index (χ0v) is 35.1. The van der Waals surface area contributed by atoms with Gasteiger partial charge >= 0.3 is 0 Å². The Bertz CT molecular complexity index is 3360. The molecule has 0 aliphatic heterocycles. The molecule has 0 radical (unpaired) electrons. The van der Waals surface area contributed by atoms with Crippen LogP contribution in [0.25, 0.3) is 75.5 Å². The highest BCUT2D eigenvalue weighted by molar-refractivity contribution is 7.27. The van der Waals surface area contributed by atoms with Crippen LogP contribution in [-0.2, 0) is 10.8 Å². The van der Waals surface area contributed by atoms with Crippen LogP contribution >= 0.6 is 11.3 Å². The van der Waals surface area contributed by atoms with E-state index in [0.717, 1.165) is 17.1 Å². The fourth-order valence-corrected chi connectivity index (χ4v) is 12.1. The third-order valence-electron chi connectivity index (χ3n) is 13.7. The number of benzene rings is 9. The van der Waals surface area contributed by atoms with Gasteiger partial charge in [-0.1, -0.05) is 179 Å². The van der Waals surface area contributed by atoms with Crippen LogP contribution < -0.4 is 4.90 Å². The number of thiophene rings is 1. The van der Waals surface area contributed by atoms with Gasteiger partial charge < -0.3 is 4.90 Å². The lowest BCUT2D eigenvalue weighted by Gasteiger charge is -2.29. The molecule has 0 bridgehead atoms. The van der Waals surface area contributed by atoms with E-state index in [1.807, 2.05) is 11.3 Å². The van der Waals surface area contributed by atoms with Crippen molar-refractivity contribution in [3.05, 3.63) is 210 Å². The van der Waals surface area contributed by atoms with Gasteiger partial charge in [0.05, 0.1) is 0 Å². The van der Waals surface area contributed by atoms with Crippen molar-refractivity contribution in [2.24, 2.45) is 0 Å². The third-order valence-corrected chi connectivity index (χ3v) is 15.0. The van der Waals surface area contributed by atoms with E-state index in [-0.39, 0.29) is 10.8 Å². The quantitative estimate of drug-likeness (QED) is 0.168. The van der Waals surface area contributed by atoms with Crippen LogP contribution in [0.1, 0.15) is 49.9 Å². The fourth-order valence-electron chi connectivity index (χ4n) is 10.7. The zero-order chi connectivity index (χ0) is 40.3. The predicted octanol–water partition coefficient (Wildman–Crippen LogP) is 16.6. The smallest absolute Gasteiger partial charge is 0.0465 e. The van der Waals surface area contributed by atoms with Crippen LogP contribution in [0.3, 0.4) is 0 Å². The minimum absolute atomic E-state index is 0.0856. The highest BCUT2D eigenvalue weighted by atomic mass is 32.1. The average molecular weight is 786 g/mol. The van der Waals surface area contributed by atoms with Crippen LogP contribution in [0.15, 0.2) is 188 Å². The van der Waals surface area contributed by atoms with E-state index in [2.05, 4.69) is 221 Å². The summed E-state index contributed by atoms with van der Waals surface area (Å²) < 4.78 is 2.69. The molecule has 0 unspecified atom stereocenters. The minimum Gasteiger partial charge on any atom is -0.310 e. The normalized spacial score (nSPS) is 14.3. The molecule has 1 nitrogen and oxygen atoms in total. The summed E-state index contributed by atoms with van der Waals surface area (Å²) in [6.07, 6.45) is 0. The first kappa shape index (κ1) is 35.2. The maximum absolute atomic E-state index is 2.44. The lowest BCUT2D eigenvalue weighted by molar-refractivity contribution is 0.660. The third kappa shape index (κ3) is 5.04. The van der Waals surface area contributed by atoms with E-state index in [0.29, 0.717) is 0 Å². The molecule has 2 aliphatic carbocycles. The number of hydrogen-bond acceptors (Lipinski definition) is 2. The van der Waals surface area contributed by atoms with Gasteiger partial charge in [0.15, 0.2) is 0 Å². The van der Waals surface area contributed by atoms with E-state index in [4.69, 9.17) is 0 Å². The van der Waals surface area contributed by atoms with E-state index in [1.54, 1.807) is 0 Å². The standard InChI is InChI=1S/C58H43NS/c1-57(2)51-21-9-7-15-45(51)47-34-32-41(35-53(47)57)59(39-28-23-37(24-29-39)42-17-11-19-48-46-16-8-10-22-52(46)58(3,4)54(42)48)40-30-25-38(26-31-40)44-18-12-20-49-50-33-27-36-13-5-6-14-43(36)56(50)60-55(44)49/h5-35H,1-4H3. The molecule has 12 rings (SSSR count). The fraction of sp³-hybridized carbons (Fsp3) is 0.103. The van der Waals surface area contributed by atoms with Gasteiger partial charge in [0.2, 0.25) is 0 Å². The van der Waals surface area contributed by atoms with Gasteiger partial charge in [-0.2, -0.15) is 0 Å². The summed E-state index contributed by atoms with van der Waals surface area (Å²) in [7, 11) is 0. The molecule has 1 aromatic heterocycles. The van der Waals surface area contributed by atoms with Crippen molar-refractivity contribution < 1.29 is 0 Å². The summed E-state index contributed by atoms with van der Waals surface area (Å²) in [5, 5.41) is 5.26. The molecule has 9 aromatic carbocycles. The molecule has 286 valence electrons. The number of hydrogen-bond donors (Lipinski definition) is 0. The monoisotopic (exact) mass is 785 g/mol. The topological polar surface area (TPSA) is 3.24 Å². The summed E-state index contributed by atoms with van der Waals surface area (Å²) in [5.41, 5.74) is 19.2. The molecule has 0 N–H and O–H groups in total. The Labute approximate surface area is 355 Å². The van der Waals surface area contributed by atoms with Crippen LogP contribution in [0.4, 0.5) is 17.1 Å². The van der Waals surface area contributed by atoms with Crippen molar-refractivity contribution in [3.63, 3.8) is 0 Å². The summed E-state index contributed by atoms with van der Waals surface area (Å²) in [5.74, 6) is 0. The van der Waals surface area contributed by atoms with Gasteiger partial charge in [0, 0.05) is 48.1 Å². The molecule has 0 fully saturated rings. The molecule has 0 saturated carbocycles. The summed E-state index contributed by atoms with van der Waals surface area (Å²) in [4.78, 5) is 2.44. The Hall–Kier alpha value is -6.74. The van der Waals surface area contributed by atoms with Crippen molar-refractivity contribution in [2.45, 2.75) is 38.5 Å². The Morgan fingerprint density at radius 1 is 0.350 bits per heavy atom. The number of anilines is 3. The highest BCUT2D eigenvalue weighted by Gasteiger charge is 2.38. The second-order valence-corrected chi connectivity index (χ2v) is 18.7. The summed E-state index contributed by atoms with van der Waals surface area (Å²) in [6, 6.07) is 70.3. The van der Waals surface area contributed by atoms with Crippen molar-refractivity contribution >= 4 is 59.3 Å². The second-order valence-electron chi connectivity index (χ2n) is 17.7. The van der Waals surface area contributed by atoms with Crippen LogP contribution in [0.5, 0.6) is 0 Å². The van der Waals surface area contributed by atoms with Gasteiger partial charge in [-0.25, -0.2) is 0 Å². The van der Waals surface area contributed by atoms with E-state index in [1.165, 1.54) is 97.7 Å². The molecule has 60 heavy (non-hydrogen) atoms. The Balaban J connectivity index is 0.978. The molecule has 0 amide bonds. The van der Waals surface area contributed by atoms with Gasteiger partial charge in [0.25, 0.3) is 0 Å². The van der Waals surface area contributed by atoms with Gasteiger partial charge in [-0.15, -0.1) is 11.3 Å². The SMILES string of the molecule is CC1(C)c2ccccc2-c2ccc(N(c3ccc(-c4cccc5c4C(C)(C)c4ccccc4-5)cc3)c3ccc(-c4cccc5c4sc4c6ccccc6ccc54)cc3)cc21. The Morgan fingerprint density at radius 3 is 1.62 bits per heavy atom. The number of nitrogens with zero attached hydrogens (tertiary/aromatic N) is 1. The predicted molar refractivity (Wildman–Crippen MR) is 258 cm³/mol. The largest absolute Gasteiger partial charge is 0.310 e.